The molecule has 0 aliphatic heterocycles. The molecule has 1 aromatic carbocycles. The second-order valence-corrected chi connectivity index (χ2v) is 14.4. The molecule has 5 nitrogen and oxygen atoms in total. The van der Waals surface area contributed by atoms with Crippen LogP contribution in [-0.2, 0) is 14.3 Å². The topological polar surface area (TPSA) is 68.4 Å². The molecule has 0 aliphatic rings. The molecule has 0 saturated carbocycles. The Morgan fingerprint density at radius 1 is 1.20 bits per heavy atom. The van der Waals surface area contributed by atoms with Gasteiger partial charge in [0.2, 0.25) is 0 Å². The smallest absolute Gasteiger partial charge is 0.355 e. The van der Waals surface area contributed by atoms with E-state index in [2.05, 4.69) is 30.5 Å². The Kier molecular flexibility index (Phi) is 8.60. The van der Waals surface area contributed by atoms with Crippen molar-refractivity contribution >= 4 is 60.2 Å². The molecule has 1 aromatic heterocycles. The van der Waals surface area contributed by atoms with Crippen LogP contribution in [0.5, 0.6) is 0 Å². The van der Waals surface area contributed by atoms with Crippen LogP contribution in [0.3, 0.4) is 0 Å². The molecule has 2 aromatic rings. The van der Waals surface area contributed by atoms with Crippen LogP contribution in [0.2, 0.25) is 35.7 Å². The van der Waals surface area contributed by atoms with Crippen molar-refractivity contribution < 1.29 is 19.1 Å². The number of H-pyrrole nitrogens is 1. The predicted molar refractivity (Wildman–Crippen MR) is 125 cm³/mol. The van der Waals surface area contributed by atoms with Crippen molar-refractivity contribution in [2.75, 3.05) is 13.2 Å². The SMILES string of the molecule is C#CCCCOC(=O)/C=C/c1c(C(=O)OCC[Si-](C)(C)C)[nH]c2cc(Cl)cc(Cl)c12. The van der Waals surface area contributed by atoms with Gasteiger partial charge in [0.25, 0.3) is 0 Å². The van der Waals surface area contributed by atoms with Crippen molar-refractivity contribution in [3.63, 3.8) is 0 Å². The number of unbranched alkanes of at least 4 members (excludes halogenated alkanes) is 1. The molecule has 0 radical (unpaired) electrons. The molecule has 0 unspecified atom stereocenters. The Hall–Kier alpha value is -2.20. The highest BCUT2D eigenvalue weighted by Crippen LogP contribution is 2.33. The average Bonchev–Trinajstić information content (AvgIpc) is 3.01. The van der Waals surface area contributed by atoms with Gasteiger partial charge in [-0.2, -0.15) is 19.6 Å². The molecule has 0 spiro atoms. The molecule has 2 rings (SSSR count). The highest BCUT2D eigenvalue weighted by molar-refractivity contribution is 6.76. The molecule has 0 fully saturated rings. The summed E-state index contributed by atoms with van der Waals surface area (Å²) in [4.78, 5) is 27.7. The van der Waals surface area contributed by atoms with Crippen molar-refractivity contribution in [2.24, 2.45) is 0 Å². The Labute approximate surface area is 187 Å². The second kappa shape index (κ2) is 10.7. The minimum Gasteiger partial charge on any atom is -0.464 e. The zero-order valence-electron chi connectivity index (χ0n) is 17.3. The maximum absolute atomic E-state index is 12.7. The van der Waals surface area contributed by atoms with E-state index < -0.39 is 20.0 Å². The van der Waals surface area contributed by atoms with Crippen molar-refractivity contribution in [1.82, 2.24) is 4.98 Å². The first-order valence-electron chi connectivity index (χ1n) is 9.58. The average molecular weight is 466 g/mol. The van der Waals surface area contributed by atoms with Crippen LogP contribution in [0.4, 0.5) is 0 Å². The van der Waals surface area contributed by atoms with Gasteiger partial charge in [-0.1, -0.05) is 23.2 Å². The molecule has 1 heterocycles. The van der Waals surface area contributed by atoms with Crippen LogP contribution < -0.4 is 0 Å². The summed E-state index contributed by atoms with van der Waals surface area (Å²) < 4.78 is 10.6. The fourth-order valence-corrected chi connectivity index (χ4v) is 3.98. The lowest BCUT2D eigenvalue weighted by atomic mass is 10.1. The van der Waals surface area contributed by atoms with Gasteiger partial charge in [-0.05, 0) is 24.6 Å². The fourth-order valence-electron chi connectivity index (χ4n) is 2.67. The normalized spacial score (nSPS) is 11.6. The first-order chi connectivity index (χ1) is 14.1. The highest BCUT2D eigenvalue weighted by atomic mass is 35.5. The summed E-state index contributed by atoms with van der Waals surface area (Å²) in [5, 5.41) is 1.36. The van der Waals surface area contributed by atoms with Crippen LogP contribution in [0.1, 0.15) is 28.9 Å². The molecule has 0 aliphatic carbocycles. The van der Waals surface area contributed by atoms with E-state index in [1.54, 1.807) is 12.1 Å². The Bertz CT molecular complexity index is 999. The number of aromatic nitrogens is 1. The van der Waals surface area contributed by atoms with Crippen molar-refractivity contribution in [2.45, 2.75) is 38.5 Å². The number of nitrogens with one attached hydrogen (secondary N) is 1. The summed E-state index contributed by atoms with van der Waals surface area (Å²) in [6.45, 7) is 7.17. The zero-order chi connectivity index (χ0) is 22.3. The number of carbonyl (C=O) groups is 2. The summed E-state index contributed by atoms with van der Waals surface area (Å²) in [6, 6.07) is 4.09. The first kappa shape index (κ1) is 24.1. The van der Waals surface area contributed by atoms with E-state index in [0.717, 1.165) is 6.04 Å². The van der Waals surface area contributed by atoms with Crippen molar-refractivity contribution in [1.29, 1.82) is 0 Å². The minimum atomic E-state index is -1.35. The Balaban J connectivity index is 2.29. The number of hydrogen-bond acceptors (Lipinski definition) is 4. The van der Waals surface area contributed by atoms with Crippen LogP contribution in [-0.4, -0.2) is 38.2 Å². The standard InChI is InChI=1S/C22H25Cl2NO4Si/c1-5-6-7-10-28-19(26)9-8-16-20-17(24)13-15(23)14-18(20)25-21(16)22(27)29-11-12-30(2,3)4/h1,8-9,13-14,25H,6-7,10-12H2,2-4H3/q-1/b9-8+. The van der Waals surface area contributed by atoms with Gasteiger partial charge in [0.1, 0.15) is 5.69 Å². The summed E-state index contributed by atoms with van der Waals surface area (Å²) in [6.07, 6.45) is 9.04. The monoisotopic (exact) mass is 465 g/mol. The fraction of sp³-hybridized carbons (Fsp3) is 0.364. The van der Waals surface area contributed by atoms with E-state index in [1.807, 2.05) is 0 Å². The number of rotatable bonds is 9. The molecular formula is C22H25Cl2NO4Si-. The molecule has 0 saturated heterocycles. The van der Waals surface area contributed by atoms with E-state index in [9.17, 15) is 9.59 Å². The maximum Gasteiger partial charge on any atom is 0.355 e. The second-order valence-electron chi connectivity index (χ2n) is 7.98. The van der Waals surface area contributed by atoms with Crippen LogP contribution in [0.15, 0.2) is 18.2 Å². The van der Waals surface area contributed by atoms with E-state index in [-0.39, 0.29) is 12.3 Å². The number of terminal acetylenes is 1. The summed E-state index contributed by atoms with van der Waals surface area (Å²) in [7, 11) is -1.35. The van der Waals surface area contributed by atoms with Gasteiger partial charge >= 0.3 is 11.9 Å². The van der Waals surface area contributed by atoms with Gasteiger partial charge in [-0.25, -0.2) is 9.59 Å². The number of benzene rings is 1. The quantitative estimate of drug-likeness (QED) is 0.163. The Morgan fingerprint density at radius 2 is 1.93 bits per heavy atom. The zero-order valence-corrected chi connectivity index (χ0v) is 19.8. The third-order valence-corrected chi connectivity index (χ3v) is 6.46. The molecule has 0 atom stereocenters. The van der Waals surface area contributed by atoms with Gasteiger partial charge in [0.15, 0.2) is 0 Å². The molecule has 0 bridgehead atoms. The van der Waals surface area contributed by atoms with E-state index in [1.165, 1.54) is 12.2 Å². The predicted octanol–water partition coefficient (Wildman–Crippen LogP) is 5.94. The molecule has 0 amide bonds. The van der Waals surface area contributed by atoms with Crippen LogP contribution in [0.25, 0.3) is 17.0 Å². The van der Waals surface area contributed by atoms with Gasteiger partial charge in [0, 0.05) is 34.0 Å². The Morgan fingerprint density at radius 3 is 2.60 bits per heavy atom. The molecule has 30 heavy (non-hydrogen) atoms. The summed E-state index contributed by atoms with van der Waals surface area (Å²) in [5.74, 6) is 1.43. The van der Waals surface area contributed by atoms with Gasteiger partial charge in [-0.15, -0.1) is 26.5 Å². The van der Waals surface area contributed by atoms with Crippen LogP contribution >= 0.6 is 23.2 Å². The largest absolute Gasteiger partial charge is 0.464 e. The third kappa shape index (κ3) is 6.94. The number of carbonyl (C=O) groups excluding carboxylic acids is 2. The van der Waals surface area contributed by atoms with Gasteiger partial charge in [0.05, 0.1) is 18.2 Å². The van der Waals surface area contributed by atoms with E-state index >= 15 is 0 Å². The minimum absolute atomic E-state index is 0.209. The maximum atomic E-state index is 12.7. The lowest BCUT2D eigenvalue weighted by Gasteiger charge is -2.26. The van der Waals surface area contributed by atoms with E-state index in [4.69, 9.17) is 39.1 Å². The number of esters is 2. The van der Waals surface area contributed by atoms with E-state index in [0.29, 0.717) is 46.0 Å². The molecule has 8 heteroatoms. The van der Waals surface area contributed by atoms with Gasteiger partial charge in [-0.3, -0.25) is 0 Å². The summed E-state index contributed by atoms with van der Waals surface area (Å²) >= 11 is 12.5. The lowest BCUT2D eigenvalue weighted by molar-refractivity contribution is -0.137. The third-order valence-electron chi connectivity index (χ3n) is 4.24. The first-order valence-corrected chi connectivity index (χ1v) is 14.0. The molecule has 1 N–H and O–H groups in total. The van der Waals surface area contributed by atoms with Crippen molar-refractivity contribution in [3.8, 4) is 12.3 Å². The van der Waals surface area contributed by atoms with Crippen molar-refractivity contribution in [3.05, 3.63) is 39.5 Å². The number of ether oxygens (including phenoxy) is 2. The number of hydrogen-bond donors (Lipinski definition) is 1. The van der Waals surface area contributed by atoms with Gasteiger partial charge < -0.3 is 14.5 Å². The number of aromatic amines is 1. The molecule has 161 valence electrons. The highest BCUT2D eigenvalue weighted by Gasteiger charge is 2.20. The number of fused-ring (bicyclic) bond motifs is 1. The summed E-state index contributed by atoms with van der Waals surface area (Å²) in [5.41, 5.74) is 1.23. The lowest BCUT2D eigenvalue weighted by Crippen LogP contribution is -2.23. The van der Waals surface area contributed by atoms with Crippen LogP contribution in [0, 0.1) is 12.3 Å². The number of halogens is 2. The molecular weight excluding hydrogens is 441 g/mol.